The summed E-state index contributed by atoms with van der Waals surface area (Å²) >= 11 is 0.722. The fraction of sp³-hybridized carbons (Fsp3) is 0.105. The summed E-state index contributed by atoms with van der Waals surface area (Å²) in [6.45, 7) is 0. The predicted octanol–water partition coefficient (Wildman–Crippen LogP) is 3.23. The molecule has 8 heteroatoms. The summed E-state index contributed by atoms with van der Waals surface area (Å²) in [4.78, 5) is 29.4. The van der Waals surface area contributed by atoms with E-state index in [4.69, 9.17) is 0 Å². The van der Waals surface area contributed by atoms with Crippen molar-refractivity contribution in [3.05, 3.63) is 72.4 Å². The number of sulfonamides is 1. The summed E-state index contributed by atoms with van der Waals surface area (Å²) in [6, 6.07) is 18.7. The van der Waals surface area contributed by atoms with Crippen molar-refractivity contribution in [2.24, 2.45) is 0 Å². The van der Waals surface area contributed by atoms with Gasteiger partial charge in [0.05, 0.1) is 10.4 Å². The molecule has 0 N–H and O–H groups in total. The standard InChI is InChI=1S/C19H14N2O4S2/c22-18-17(12-14-11-10-13-6-4-5-9-16(13)20-14)26-19(23)21(18)27(24,25)15-7-2-1-3-8-15/h1-11,17H,12H2. The molecular weight excluding hydrogens is 384 g/mol. The summed E-state index contributed by atoms with van der Waals surface area (Å²) in [7, 11) is -4.20. The van der Waals surface area contributed by atoms with Gasteiger partial charge in [-0.05, 0) is 36.0 Å². The Morgan fingerprint density at radius 1 is 0.926 bits per heavy atom. The minimum Gasteiger partial charge on any atom is -0.272 e. The number of amides is 2. The number of pyridine rings is 1. The van der Waals surface area contributed by atoms with Crippen molar-refractivity contribution in [2.45, 2.75) is 16.6 Å². The van der Waals surface area contributed by atoms with Crippen LogP contribution in [0.2, 0.25) is 0 Å². The van der Waals surface area contributed by atoms with Crippen LogP contribution in [0.1, 0.15) is 5.69 Å². The van der Waals surface area contributed by atoms with Crippen LogP contribution in [-0.2, 0) is 21.2 Å². The highest BCUT2D eigenvalue weighted by Gasteiger charge is 2.47. The van der Waals surface area contributed by atoms with Gasteiger partial charge in [0.1, 0.15) is 5.25 Å². The zero-order chi connectivity index (χ0) is 19.0. The van der Waals surface area contributed by atoms with Gasteiger partial charge >= 0.3 is 5.24 Å². The van der Waals surface area contributed by atoms with Crippen LogP contribution in [-0.4, -0.2) is 34.1 Å². The van der Waals surface area contributed by atoms with Gasteiger partial charge in [0.25, 0.3) is 15.9 Å². The molecule has 136 valence electrons. The first kappa shape index (κ1) is 17.7. The average Bonchev–Trinajstić information content (AvgIpc) is 2.96. The Kier molecular flexibility index (Phi) is 4.45. The van der Waals surface area contributed by atoms with Crippen LogP contribution in [0.5, 0.6) is 0 Å². The largest absolute Gasteiger partial charge is 0.303 e. The zero-order valence-electron chi connectivity index (χ0n) is 14.0. The van der Waals surface area contributed by atoms with Gasteiger partial charge in [0.2, 0.25) is 0 Å². The number of fused-ring (bicyclic) bond motifs is 1. The van der Waals surface area contributed by atoms with E-state index in [0.29, 0.717) is 10.00 Å². The number of aromatic nitrogens is 1. The summed E-state index contributed by atoms with van der Waals surface area (Å²) in [5.41, 5.74) is 1.41. The second-order valence-electron chi connectivity index (χ2n) is 5.99. The van der Waals surface area contributed by atoms with E-state index in [2.05, 4.69) is 4.98 Å². The van der Waals surface area contributed by atoms with E-state index in [0.717, 1.165) is 22.7 Å². The number of thioether (sulfide) groups is 1. The predicted molar refractivity (Wildman–Crippen MR) is 103 cm³/mol. The third kappa shape index (κ3) is 3.22. The first-order valence-electron chi connectivity index (χ1n) is 8.16. The molecule has 2 aromatic carbocycles. The SMILES string of the molecule is O=C1SC(Cc2ccc3ccccc3n2)C(=O)N1S(=O)(=O)c1ccccc1. The second kappa shape index (κ2) is 6.79. The monoisotopic (exact) mass is 398 g/mol. The van der Waals surface area contributed by atoms with E-state index in [1.165, 1.54) is 12.1 Å². The quantitative estimate of drug-likeness (QED) is 0.671. The highest BCUT2D eigenvalue weighted by molar-refractivity contribution is 8.16. The van der Waals surface area contributed by atoms with Gasteiger partial charge in [-0.25, -0.2) is 8.42 Å². The fourth-order valence-corrected chi connectivity index (χ4v) is 5.55. The highest BCUT2D eigenvalue weighted by Crippen LogP contribution is 2.33. The third-order valence-corrected chi connectivity index (χ3v) is 7.06. The molecule has 4 rings (SSSR count). The molecule has 0 spiro atoms. The van der Waals surface area contributed by atoms with Crippen LogP contribution in [0.4, 0.5) is 4.79 Å². The number of benzene rings is 2. The smallest absolute Gasteiger partial charge is 0.272 e. The number of para-hydroxylation sites is 1. The van der Waals surface area contributed by atoms with Crippen molar-refractivity contribution in [1.82, 2.24) is 9.29 Å². The lowest BCUT2D eigenvalue weighted by Crippen LogP contribution is -2.37. The van der Waals surface area contributed by atoms with E-state index in [1.54, 1.807) is 24.3 Å². The van der Waals surface area contributed by atoms with E-state index in [9.17, 15) is 18.0 Å². The molecule has 1 aliphatic rings. The Morgan fingerprint density at radius 2 is 1.63 bits per heavy atom. The molecule has 1 atom stereocenters. The molecule has 2 heterocycles. The van der Waals surface area contributed by atoms with E-state index in [-0.39, 0.29) is 11.3 Å². The molecule has 1 saturated heterocycles. The third-order valence-electron chi connectivity index (χ3n) is 4.22. The number of hydrogen-bond acceptors (Lipinski definition) is 6. The van der Waals surface area contributed by atoms with Gasteiger partial charge in [-0.15, -0.1) is 0 Å². The Bertz CT molecular complexity index is 1150. The molecule has 1 unspecified atom stereocenters. The molecule has 1 aromatic heterocycles. The fourth-order valence-electron chi connectivity index (χ4n) is 2.90. The first-order chi connectivity index (χ1) is 13.0. The molecular formula is C19H14N2O4S2. The van der Waals surface area contributed by atoms with Crippen molar-refractivity contribution < 1.29 is 18.0 Å². The van der Waals surface area contributed by atoms with Gasteiger partial charge in [-0.1, -0.05) is 42.5 Å². The number of nitrogens with zero attached hydrogens (tertiary/aromatic N) is 2. The van der Waals surface area contributed by atoms with Crippen LogP contribution in [0.3, 0.4) is 0 Å². The van der Waals surface area contributed by atoms with Gasteiger partial charge < -0.3 is 0 Å². The minimum absolute atomic E-state index is 0.0863. The normalized spacial score (nSPS) is 17.6. The van der Waals surface area contributed by atoms with Crippen molar-refractivity contribution >= 4 is 43.8 Å². The maximum atomic E-state index is 12.7. The molecule has 27 heavy (non-hydrogen) atoms. The maximum absolute atomic E-state index is 12.7. The Labute approximate surface area is 160 Å². The molecule has 0 bridgehead atoms. The lowest BCUT2D eigenvalue weighted by atomic mass is 10.1. The van der Waals surface area contributed by atoms with Crippen LogP contribution in [0.25, 0.3) is 10.9 Å². The van der Waals surface area contributed by atoms with Gasteiger partial charge in [-0.3, -0.25) is 14.6 Å². The first-order valence-corrected chi connectivity index (χ1v) is 10.5. The Morgan fingerprint density at radius 3 is 2.41 bits per heavy atom. The lowest BCUT2D eigenvalue weighted by Gasteiger charge is -2.14. The minimum atomic E-state index is -4.20. The summed E-state index contributed by atoms with van der Waals surface area (Å²) < 4.78 is 25.7. The van der Waals surface area contributed by atoms with E-state index in [1.807, 2.05) is 30.3 Å². The van der Waals surface area contributed by atoms with Crippen molar-refractivity contribution in [1.29, 1.82) is 0 Å². The van der Waals surface area contributed by atoms with E-state index >= 15 is 0 Å². The number of imide groups is 1. The van der Waals surface area contributed by atoms with Crippen LogP contribution in [0, 0.1) is 0 Å². The molecule has 1 fully saturated rings. The molecule has 0 aliphatic carbocycles. The zero-order valence-corrected chi connectivity index (χ0v) is 15.6. The Hall–Kier alpha value is -2.71. The van der Waals surface area contributed by atoms with Crippen LogP contribution < -0.4 is 0 Å². The topological polar surface area (TPSA) is 84.4 Å². The number of hydrogen-bond donors (Lipinski definition) is 0. The van der Waals surface area contributed by atoms with Gasteiger partial charge in [0, 0.05) is 17.5 Å². The number of carbonyl (C=O) groups is 2. The molecule has 3 aromatic rings. The second-order valence-corrected chi connectivity index (χ2v) is 8.93. The lowest BCUT2D eigenvalue weighted by molar-refractivity contribution is -0.123. The molecule has 2 amide bonds. The molecule has 1 aliphatic heterocycles. The van der Waals surface area contributed by atoms with Crippen LogP contribution in [0.15, 0.2) is 71.6 Å². The molecule has 6 nitrogen and oxygen atoms in total. The summed E-state index contributed by atoms with van der Waals surface area (Å²) in [5, 5.41) is -0.629. The summed E-state index contributed by atoms with van der Waals surface area (Å²) in [6.07, 6.45) is 0.181. The number of carbonyl (C=O) groups excluding carboxylic acids is 2. The average molecular weight is 398 g/mol. The van der Waals surface area contributed by atoms with Crippen molar-refractivity contribution in [2.75, 3.05) is 0 Å². The molecule has 0 saturated carbocycles. The van der Waals surface area contributed by atoms with E-state index < -0.39 is 26.4 Å². The maximum Gasteiger partial charge on any atom is 0.303 e. The van der Waals surface area contributed by atoms with Gasteiger partial charge in [0.15, 0.2) is 0 Å². The Balaban J connectivity index is 1.61. The van der Waals surface area contributed by atoms with Gasteiger partial charge in [-0.2, -0.15) is 4.31 Å². The molecule has 0 radical (unpaired) electrons. The highest BCUT2D eigenvalue weighted by atomic mass is 32.2. The van der Waals surface area contributed by atoms with Crippen molar-refractivity contribution in [3.8, 4) is 0 Å². The van der Waals surface area contributed by atoms with Crippen molar-refractivity contribution in [3.63, 3.8) is 0 Å². The van der Waals surface area contributed by atoms with Crippen LogP contribution >= 0.6 is 11.8 Å². The number of rotatable bonds is 4. The summed E-state index contributed by atoms with van der Waals surface area (Å²) in [5.74, 6) is -0.733.